The lowest BCUT2D eigenvalue weighted by Crippen LogP contribution is -2.05. The molecule has 0 saturated heterocycles. The Morgan fingerprint density at radius 1 is 1.44 bits per heavy atom. The van der Waals surface area contributed by atoms with Crippen LogP contribution in [0.15, 0.2) is 16.6 Å². The third-order valence-corrected chi connectivity index (χ3v) is 3.58. The standard InChI is InChI=1S/C12H15BrN2O/c1-7-4-5-9(16-3)12-10(7)11(13)8(15-12)6-14-2/h4-5,14-15H,6H2,1-3H3. The molecule has 0 aliphatic heterocycles. The molecule has 0 aliphatic rings. The number of halogens is 1. The van der Waals surface area contributed by atoms with Gasteiger partial charge < -0.3 is 15.0 Å². The highest BCUT2D eigenvalue weighted by Crippen LogP contribution is 2.35. The second-order valence-corrected chi connectivity index (χ2v) is 4.58. The van der Waals surface area contributed by atoms with Crippen molar-refractivity contribution in [2.24, 2.45) is 0 Å². The summed E-state index contributed by atoms with van der Waals surface area (Å²) in [7, 11) is 3.62. The van der Waals surface area contributed by atoms with E-state index in [2.05, 4.69) is 39.2 Å². The first-order chi connectivity index (χ1) is 7.69. The van der Waals surface area contributed by atoms with E-state index in [0.29, 0.717) is 0 Å². The lowest BCUT2D eigenvalue weighted by atomic mass is 10.1. The molecule has 0 fully saturated rings. The topological polar surface area (TPSA) is 37.0 Å². The van der Waals surface area contributed by atoms with Gasteiger partial charge in [-0.3, -0.25) is 0 Å². The van der Waals surface area contributed by atoms with E-state index in [4.69, 9.17) is 4.74 Å². The molecule has 2 rings (SSSR count). The summed E-state index contributed by atoms with van der Waals surface area (Å²) in [6.07, 6.45) is 0. The molecule has 0 aliphatic carbocycles. The first-order valence-electron chi connectivity index (χ1n) is 5.17. The zero-order chi connectivity index (χ0) is 11.7. The van der Waals surface area contributed by atoms with Gasteiger partial charge in [-0.1, -0.05) is 6.07 Å². The van der Waals surface area contributed by atoms with Crippen LogP contribution >= 0.6 is 15.9 Å². The zero-order valence-corrected chi connectivity index (χ0v) is 11.2. The maximum atomic E-state index is 5.36. The van der Waals surface area contributed by atoms with E-state index in [0.717, 1.165) is 28.0 Å². The Morgan fingerprint density at radius 2 is 2.19 bits per heavy atom. The van der Waals surface area contributed by atoms with Crippen LogP contribution in [0, 0.1) is 6.92 Å². The van der Waals surface area contributed by atoms with Crippen LogP contribution in [0.1, 0.15) is 11.3 Å². The number of ether oxygens (including phenoxy) is 1. The average Bonchev–Trinajstić information content (AvgIpc) is 2.59. The highest BCUT2D eigenvalue weighted by molar-refractivity contribution is 9.10. The summed E-state index contributed by atoms with van der Waals surface area (Å²) in [4.78, 5) is 3.39. The van der Waals surface area contributed by atoms with Gasteiger partial charge in [0.05, 0.1) is 12.6 Å². The van der Waals surface area contributed by atoms with Crippen LogP contribution in [-0.2, 0) is 6.54 Å². The Labute approximate surface area is 103 Å². The largest absolute Gasteiger partial charge is 0.495 e. The van der Waals surface area contributed by atoms with Crippen molar-refractivity contribution >= 4 is 26.8 Å². The van der Waals surface area contributed by atoms with Crippen molar-refractivity contribution < 1.29 is 4.74 Å². The fourth-order valence-corrected chi connectivity index (χ4v) is 2.67. The summed E-state index contributed by atoms with van der Waals surface area (Å²) in [6, 6.07) is 4.06. The first kappa shape index (κ1) is 11.5. The van der Waals surface area contributed by atoms with E-state index in [1.807, 2.05) is 13.1 Å². The van der Waals surface area contributed by atoms with Crippen LogP contribution in [0.25, 0.3) is 10.9 Å². The quantitative estimate of drug-likeness (QED) is 0.908. The maximum absolute atomic E-state index is 5.36. The van der Waals surface area contributed by atoms with Gasteiger partial charge in [-0.25, -0.2) is 0 Å². The molecule has 4 heteroatoms. The number of benzene rings is 1. The van der Waals surface area contributed by atoms with E-state index >= 15 is 0 Å². The normalized spacial score (nSPS) is 11.0. The summed E-state index contributed by atoms with van der Waals surface area (Å²) in [5, 5.41) is 4.34. The fraction of sp³-hybridized carbons (Fsp3) is 0.333. The molecule has 86 valence electrons. The molecule has 16 heavy (non-hydrogen) atoms. The number of aromatic amines is 1. The number of hydrogen-bond donors (Lipinski definition) is 2. The molecule has 2 aromatic rings. The first-order valence-corrected chi connectivity index (χ1v) is 5.96. The molecule has 0 unspecified atom stereocenters. The molecule has 1 aromatic carbocycles. The number of aromatic nitrogens is 1. The summed E-state index contributed by atoms with van der Waals surface area (Å²) < 4.78 is 6.48. The van der Waals surface area contributed by atoms with E-state index in [9.17, 15) is 0 Å². The number of H-pyrrole nitrogens is 1. The van der Waals surface area contributed by atoms with Crippen LogP contribution in [0.4, 0.5) is 0 Å². The van der Waals surface area contributed by atoms with Crippen molar-refractivity contribution in [1.29, 1.82) is 0 Å². The Balaban J connectivity index is 2.73. The number of fused-ring (bicyclic) bond motifs is 1. The lowest BCUT2D eigenvalue weighted by Gasteiger charge is -2.03. The summed E-state index contributed by atoms with van der Waals surface area (Å²) >= 11 is 3.64. The second kappa shape index (κ2) is 4.47. The number of nitrogens with one attached hydrogen (secondary N) is 2. The van der Waals surface area contributed by atoms with E-state index in [1.54, 1.807) is 7.11 Å². The minimum Gasteiger partial charge on any atom is -0.495 e. The van der Waals surface area contributed by atoms with Gasteiger partial charge in [0.2, 0.25) is 0 Å². The minimum absolute atomic E-state index is 0.803. The molecule has 2 N–H and O–H groups in total. The molecule has 1 heterocycles. The van der Waals surface area contributed by atoms with Crippen molar-refractivity contribution in [3.8, 4) is 5.75 Å². The van der Waals surface area contributed by atoms with Crippen molar-refractivity contribution in [2.45, 2.75) is 13.5 Å². The Kier molecular flexibility index (Phi) is 3.21. The number of methoxy groups -OCH3 is 1. The van der Waals surface area contributed by atoms with Crippen LogP contribution in [0.3, 0.4) is 0 Å². The molecule has 1 aromatic heterocycles. The molecule has 3 nitrogen and oxygen atoms in total. The predicted octanol–water partition coefficient (Wildman–Crippen LogP) is 2.97. The highest BCUT2D eigenvalue weighted by Gasteiger charge is 2.13. The predicted molar refractivity (Wildman–Crippen MR) is 70.1 cm³/mol. The van der Waals surface area contributed by atoms with E-state index in [-0.39, 0.29) is 0 Å². The van der Waals surface area contributed by atoms with E-state index in [1.165, 1.54) is 10.9 Å². The van der Waals surface area contributed by atoms with Gasteiger partial charge in [0.1, 0.15) is 5.75 Å². The average molecular weight is 283 g/mol. The molecule has 0 atom stereocenters. The maximum Gasteiger partial charge on any atom is 0.142 e. The molecular weight excluding hydrogens is 268 g/mol. The van der Waals surface area contributed by atoms with Crippen molar-refractivity contribution in [2.75, 3.05) is 14.2 Å². The zero-order valence-electron chi connectivity index (χ0n) is 9.65. The highest BCUT2D eigenvalue weighted by atomic mass is 79.9. The molecule has 0 bridgehead atoms. The minimum atomic E-state index is 0.803. The van der Waals surface area contributed by atoms with Gasteiger partial charge in [-0.15, -0.1) is 0 Å². The van der Waals surface area contributed by atoms with Crippen LogP contribution in [0.2, 0.25) is 0 Å². The third-order valence-electron chi connectivity index (χ3n) is 2.71. The lowest BCUT2D eigenvalue weighted by molar-refractivity contribution is 0.419. The van der Waals surface area contributed by atoms with Crippen molar-refractivity contribution in [1.82, 2.24) is 10.3 Å². The number of rotatable bonds is 3. The smallest absolute Gasteiger partial charge is 0.142 e. The summed E-state index contributed by atoms with van der Waals surface area (Å²) in [6.45, 7) is 2.90. The van der Waals surface area contributed by atoms with Crippen LogP contribution in [0.5, 0.6) is 5.75 Å². The fourth-order valence-electron chi connectivity index (χ4n) is 1.92. The Morgan fingerprint density at radius 3 is 2.81 bits per heavy atom. The number of aryl methyl sites for hydroxylation is 1. The molecule has 0 saturated carbocycles. The van der Waals surface area contributed by atoms with E-state index < -0.39 is 0 Å². The summed E-state index contributed by atoms with van der Waals surface area (Å²) in [5.41, 5.74) is 3.44. The molecule has 0 amide bonds. The molecular formula is C12H15BrN2O. The van der Waals surface area contributed by atoms with Crippen LogP contribution < -0.4 is 10.1 Å². The third kappa shape index (κ3) is 1.72. The van der Waals surface area contributed by atoms with Crippen molar-refractivity contribution in [3.63, 3.8) is 0 Å². The molecule has 0 radical (unpaired) electrons. The van der Waals surface area contributed by atoms with Gasteiger partial charge >= 0.3 is 0 Å². The SMILES string of the molecule is CNCc1[nH]c2c(OC)ccc(C)c2c1Br. The second-order valence-electron chi connectivity index (χ2n) is 3.78. The Bertz CT molecular complexity index is 519. The van der Waals surface area contributed by atoms with Gasteiger partial charge in [0.15, 0.2) is 0 Å². The van der Waals surface area contributed by atoms with Gasteiger partial charge in [-0.2, -0.15) is 0 Å². The van der Waals surface area contributed by atoms with Crippen LogP contribution in [-0.4, -0.2) is 19.1 Å². The Hall–Kier alpha value is -1.00. The monoisotopic (exact) mass is 282 g/mol. The van der Waals surface area contributed by atoms with Crippen molar-refractivity contribution in [3.05, 3.63) is 27.9 Å². The van der Waals surface area contributed by atoms with Gasteiger partial charge in [-0.05, 0) is 41.5 Å². The molecule has 0 spiro atoms. The van der Waals surface area contributed by atoms with Gasteiger partial charge in [0, 0.05) is 22.1 Å². The van der Waals surface area contributed by atoms with Gasteiger partial charge in [0.25, 0.3) is 0 Å². The summed E-state index contributed by atoms with van der Waals surface area (Å²) in [5.74, 6) is 0.878. The number of hydrogen-bond acceptors (Lipinski definition) is 2.